The molecule has 1 atom stereocenters. The van der Waals surface area contributed by atoms with E-state index in [2.05, 4.69) is 23.9 Å². The number of likely N-dealkylation sites (tertiary alicyclic amines) is 1. The van der Waals surface area contributed by atoms with Gasteiger partial charge in [0.15, 0.2) is 6.29 Å². The fourth-order valence-corrected chi connectivity index (χ4v) is 2.53. The number of ether oxygens (including phenoxy) is 2. The summed E-state index contributed by atoms with van der Waals surface area (Å²) >= 11 is 0. The molecular weight excluding hydrogens is 228 g/mol. The van der Waals surface area contributed by atoms with Gasteiger partial charge < -0.3 is 19.3 Å². The Kier molecular flexibility index (Phi) is 7.82. The van der Waals surface area contributed by atoms with Crippen molar-refractivity contribution in [1.29, 1.82) is 0 Å². The van der Waals surface area contributed by atoms with Gasteiger partial charge >= 0.3 is 0 Å². The molecule has 0 aliphatic carbocycles. The molecule has 0 aromatic carbocycles. The fourth-order valence-electron chi connectivity index (χ4n) is 2.53. The van der Waals surface area contributed by atoms with Crippen LogP contribution in [0.4, 0.5) is 0 Å². The first-order valence-electron chi connectivity index (χ1n) is 7.29. The first-order valence-corrected chi connectivity index (χ1v) is 7.29. The Hall–Kier alpha value is -0.160. The highest BCUT2D eigenvalue weighted by Gasteiger charge is 2.21. The highest BCUT2D eigenvalue weighted by molar-refractivity contribution is 4.77. The molecule has 0 amide bonds. The van der Waals surface area contributed by atoms with Gasteiger partial charge in [-0.25, -0.2) is 0 Å². The van der Waals surface area contributed by atoms with Crippen molar-refractivity contribution in [3.63, 3.8) is 0 Å². The van der Waals surface area contributed by atoms with Gasteiger partial charge in [0.25, 0.3) is 0 Å². The minimum absolute atomic E-state index is 0.0280. The zero-order valence-electron chi connectivity index (χ0n) is 12.5. The van der Waals surface area contributed by atoms with Crippen LogP contribution < -0.4 is 0 Å². The zero-order chi connectivity index (χ0) is 13.4. The van der Waals surface area contributed by atoms with E-state index in [1.54, 1.807) is 0 Å². The van der Waals surface area contributed by atoms with Gasteiger partial charge in [-0.05, 0) is 47.3 Å². The van der Waals surface area contributed by atoms with Crippen molar-refractivity contribution < 1.29 is 9.47 Å². The molecule has 0 spiro atoms. The van der Waals surface area contributed by atoms with Crippen LogP contribution in [-0.4, -0.2) is 69.1 Å². The summed E-state index contributed by atoms with van der Waals surface area (Å²) in [5, 5.41) is 0. The standard InChI is InChI=1S/C14H30N2O2/c1-5-17-14(18-6-2)9-11-16-10-7-8-13(12-16)15(3)4/h13-14H,5-12H2,1-4H3. The van der Waals surface area contributed by atoms with Crippen LogP contribution in [0.25, 0.3) is 0 Å². The summed E-state index contributed by atoms with van der Waals surface area (Å²) in [4.78, 5) is 4.88. The number of rotatable bonds is 8. The molecule has 18 heavy (non-hydrogen) atoms. The van der Waals surface area contributed by atoms with Gasteiger partial charge in [-0.1, -0.05) is 0 Å². The van der Waals surface area contributed by atoms with Crippen molar-refractivity contribution in [3.05, 3.63) is 0 Å². The molecule has 0 saturated carbocycles. The van der Waals surface area contributed by atoms with Crippen molar-refractivity contribution in [2.24, 2.45) is 0 Å². The van der Waals surface area contributed by atoms with E-state index in [1.807, 2.05) is 13.8 Å². The number of nitrogens with zero attached hydrogens (tertiary/aromatic N) is 2. The normalized spacial score (nSPS) is 22.0. The maximum atomic E-state index is 5.59. The summed E-state index contributed by atoms with van der Waals surface area (Å²) in [5.41, 5.74) is 0. The van der Waals surface area contributed by atoms with E-state index >= 15 is 0 Å². The smallest absolute Gasteiger partial charge is 0.158 e. The average molecular weight is 258 g/mol. The third-order valence-electron chi connectivity index (χ3n) is 3.60. The number of hydrogen-bond donors (Lipinski definition) is 0. The van der Waals surface area contributed by atoms with Gasteiger partial charge in [-0.2, -0.15) is 0 Å². The summed E-state index contributed by atoms with van der Waals surface area (Å²) < 4.78 is 11.2. The van der Waals surface area contributed by atoms with Gasteiger partial charge in [-0.3, -0.25) is 0 Å². The van der Waals surface area contributed by atoms with E-state index in [4.69, 9.17) is 9.47 Å². The molecule has 0 radical (unpaired) electrons. The Morgan fingerprint density at radius 2 is 1.89 bits per heavy atom. The van der Waals surface area contributed by atoms with E-state index < -0.39 is 0 Å². The quantitative estimate of drug-likeness (QED) is 0.620. The minimum atomic E-state index is -0.0280. The Morgan fingerprint density at radius 1 is 1.22 bits per heavy atom. The van der Waals surface area contributed by atoms with Gasteiger partial charge in [0, 0.05) is 38.8 Å². The van der Waals surface area contributed by atoms with Crippen LogP contribution in [0, 0.1) is 0 Å². The van der Waals surface area contributed by atoms with Gasteiger partial charge in [0.05, 0.1) is 0 Å². The lowest BCUT2D eigenvalue weighted by molar-refractivity contribution is -0.142. The molecule has 1 aliphatic rings. The molecule has 1 saturated heterocycles. The predicted octanol–water partition coefficient (Wildman–Crippen LogP) is 1.80. The lowest BCUT2D eigenvalue weighted by atomic mass is 10.0. The van der Waals surface area contributed by atoms with E-state index in [0.717, 1.165) is 26.2 Å². The maximum absolute atomic E-state index is 5.59. The molecule has 1 fully saturated rings. The summed E-state index contributed by atoms with van der Waals surface area (Å²) in [5.74, 6) is 0. The van der Waals surface area contributed by atoms with Crippen molar-refractivity contribution in [3.8, 4) is 0 Å². The number of likely N-dealkylation sites (N-methyl/N-ethyl adjacent to an activating group) is 1. The molecule has 108 valence electrons. The van der Waals surface area contributed by atoms with Crippen molar-refractivity contribution in [2.45, 2.75) is 45.4 Å². The molecule has 0 bridgehead atoms. The van der Waals surface area contributed by atoms with E-state index in [9.17, 15) is 0 Å². The highest BCUT2D eigenvalue weighted by Crippen LogP contribution is 2.14. The van der Waals surface area contributed by atoms with E-state index in [1.165, 1.54) is 25.9 Å². The summed E-state index contributed by atoms with van der Waals surface area (Å²) in [6, 6.07) is 0.705. The van der Waals surface area contributed by atoms with Crippen molar-refractivity contribution in [2.75, 3.05) is 46.9 Å². The molecule has 1 unspecified atom stereocenters. The van der Waals surface area contributed by atoms with Gasteiger partial charge in [0.1, 0.15) is 0 Å². The van der Waals surface area contributed by atoms with Crippen molar-refractivity contribution in [1.82, 2.24) is 9.80 Å². The monoisotopic (exact) mass is 258 g/mol. The van der Waals surface area contributed by atoms with Crippen LogP contribution in [0.15, 0.2) is 0 Å². The van der Waals surface area contributed by atoms with Crippen LogP contribution >= 0.6 is 0 Å². The molecule has 1 heterocycles. The number of piperidine rings is 1. The number of hydrogen-bond acceptors (Lipinski definition) is 4. The molecule has 0 aromatic rings. The summed E-state index contributed by atoms with van der Waals surface area (Å²) in [6.45, 7) is 8.97. The average Bonchev–Trinajstić information content (AvgIpc) is 2.37. The Morgan fingerprint density at radius 3 is 2.44 bits per heavy atom. The first-order chi connectivity index (χ1) is 8.67. The molecule has 0 N–H and O–H groups in total. The first kappa shape index (κ1) is 15.9. The lowest BCUT2D eigenvalue weighted by Gasteiger charge is -2.36. The molecule has 4 nitrogen and oxygen atoms in total. The largest absolute Gasteiger partial charge is 0.353 e. The Labute approximate surface area is 112 Å². The molecule has 4 heteroatoms. The van der Waals surface area contributed by atoms with Crippen LogP contribution in [0.2, 0.25) is 0 Å². The minimum Gasteiger partial charge on any atom is -0.353 e. The second-order valence-corrected chi connectivity index (χ2v) is 5.19. The Bertz CT molecular complexity index is 206. The van der Waals surface area contributed by atoms with Crippen LogP contribution in [0.5, 0.6) is 0 Å². The molecular formula is C14H30N2O2. The SMILES string of the molecule is CCOC(CCN1CCCC(N(C)C)C1)OCC. The topological polar surface area (TPSA) is 24.9 Å². The van der Waals surface area contributed by atoms with Crippen LogP contribution in [0.1, 0.15) is 33.1 Å². The lowest BCUT2D eigenvalue weighted by Crippen LogP contribution is -2.45. The molecule has 1 rings (SSSR count). The molecule has 1 aliphatic heterocycles. The third kappa shape index (κ3) is 5.65. The van der Waals surface area contributed by atoms with Crippen LogP contribution in [0.3, 0.4) is 0 Å². The summed E-state index contributed by atoms with van der Waals surface area (Å²) in [6.07, 6.45) is 3.57. The highest BCUT2D eigenvalue weighted by atomic mass is 16.7. The summed E-state index contributed by atoms with van der Waals surface area (Å²) in [7, 11) is 4.36. The van der Waals surface area contributed by atoms with Crippen LogP contribution in [-0.2, 0) is 9.47 Å². The third-order valence-corrected chi connectivity index (χ3v) is 3.60. The van der Waals surface area contributed by atoms with Gasteiger partial charge in [0.2, 0.25) is 0 Å². The zero-order valence-corrected chi connectivity index (χ0v) is 12.5. The van der Waals surface area contributed by atoms with E-state index in [0.29, 0.717) is 6.04 Å². The Balaban J connectivity index is 2.28. The second kappa shape index (κ2) is 8.86. The maximum Gasteiger partial charge on any atom is 0.158 e. The second-order valence-electron chi connectivity index (χ2n) is 5.19. The predicted molar refractivity (Wildman–Crippen MR) is 74.8 cm³/mol. The molecule has 0 aromatic heterocycles. The van der Waals surface area contributed by atoms with E-state index in [-0.39, 0.29) is 6.29 Å². The fraction of sp³-hybridized carbons (Fsp3) is 1.00. The van der Waals surface area contributed by atoms with Crippen molar-refractivity contribution >= 4 is 0 Å². The van der Waals surface area contributed by atoms with Gasteiger partial charge in [-0.15, -0.1) is 0 Å².